The van der Waals surface area contributed by atoms with Gasteiger partial charge in [0.2, 0.25) is 0 Å². The van der Waals surface area contributed by atoms with Crippen molar-refractivity contribution in [2.75, 3.05) is 24.5 Å². The standard InChI is InChI=1S/C30H30FN5O2SSi/c1-17-22-8-11-39-27(22)7-10-36(17)29(37)19-12-24(18-2-3-18)28-33-26(16-35(28)14-19)23-5-4-20(13-25(23)31)34-9-6-21(15-34)40-30(32)38/h4-5,8,11-14,16-18,21H,2-3,6-7,9-10,15H2,1H3,(H2,32,38)/t17-,21?/m1/s1. The predicted octanol–water partition coefficient (Wildman–Crippen LogP) is 5.62. The monoisotopic (exact) mass is 571 g/mol. The lowest BCUT2D eigenvalue weighted by Crippen LogP contribution is -2.38. The van der Waals surface area contributed by atoms with E-state index in [1.807, 2.05) is 33.8 Å². The van der Waals surface area contributed by atoms with Crippen LogP contribution in [0.5, 0.6) is 0 Å². The number of amides is 2. The molecule has 1 aromatic carbocycles. The summed E-state index contributed by atoms with van der Waals surface area (Å²) in [6.07, 6.45) is 7.61. The van der Waals surface area contributed by atoms with Crippen LogP contribution >= 0.6 is 11.3 Å². The maximum absolute atomic E-state index is 15.5. The Morgan fingerprint density at radius 1 is 1.10 bits per heavy atom. The van der Waals surface area contributed by atoms with Crippen LogP contribution in [0.4, 0.5) is 14.9 Å². The summed E-state index contributed by atoms with van der Waals surface area (Å²) in [5, 5.41) is 2.11. The molecule has 1 aliphatic carbocycles. The average Bonchev–Trinajstić information content (AvgIpc) is 3.29. The number of imidazole rings is 1. The number of aromatic nitrogens is 2. The van der Waals surface area contributed by atoms with Gasteiger partial charge in [-0.3, -0.25) is 9.59 Å². The minimum absolute atomic E-state index is 0.0276. The summed E-state index contributed by atoms with van der Waals surface area (Å²) in [5.41, 5.74) is 10.9. The van der Waals surface area contributed by atoms with Gasteiger partial charge in [-0.2, -0.15) is 0 Å². The summed E-state index contributed by atoms with van der Waals surface area (Å²) in [7, 11) is 0.0954. The first kappa shape index (κ1) is 25.5. The fraction of sp³-hybridized carbons (Fsp3) is 0.367. The van der Waals surface area contributed by atoms with Crippen LogP contribution in [0, 0.1) is 5.82 Å². The lowest BCUT2D eigenvalue weighted by molar-refractivity contribution is 0.0678. The summed E-state index contributed by atoms with van der Waals surface area (Å²) < 4.78 is 17.4. The van der Waals surface area contributed by atoms with Gasteiger partial charge >= 0.3 is 0 Å². The molecule has 2 aliphatic heterocycles. The summed E-state index contributed by atoms with van der Waals surface area (Å²) in [5.74, 6) is 0.0729. The van der Waals surface area contributed by atoms with Crippen molar-refractivity contribution in [3.8, 4) is 11.3 Å². The number of nitrogens with two attached hydrogens (primary N) is 1. The highest BCUT2D eigenvalue weighted by atomic mass is 32.1. The molecule has 3 aromatic heterocycles. The van der Waals surface area contributed by atoms with Crippen molar-refractivity contribution in [3.05, 3.63) is 75.5 Å². The number of fused-ring (bicyclic) bond motifs is 2. The second-order valence-electron chi connectivity index (χ2n) is 11.1. The van der Waals surface area contributed by atoms with Crippen LogP contribution in [-0.2, 0) is 6.42 Å². The molecule has 2 fully saturated rings. The third-order valence-electron chi connectivity index (χ3n) is 8.51. The van der Waals surface area contributed by atoms with E-state index in [2.05, 4.69) is 23.3 Å². The molecule has 10 heteroatoms. The number of halogens is 1. The van der Waals surface area contributed by atoms with Crippen LogP contribution in [0.2, 0.25) is 5.54 Å². The molecule has 204 valence electrons. The highest BCUT2D eigenvalue weighted by Crippen LogP contribution is 2.43. The second kappa shape index (κ2) is 9.85. The molecule has 1 saturated heterocycles. The predicted molar refractivity (Wildman–Crippen MR) is 156 cm³/mol. The zero-order valence-electron chi connectivity index (χ0n) is 22.3. The minimum Gasteiger partial charge on any atom is -0.375 e. The number of rotatable bonds is 6. The SMILES string of the molecule is C[C@@H]1c2ccsc2CCN1C(=O)c1cc(C2CC2)c2nc(-c3ccc(N4CCC([Si]C(N)=O)C4)cc3F)cn2c1. The molecule has 0 bridgehead atoms. The van der Waals surface area contributed by atoms with E-state index in [9.17, 15) is 9.59 Å². The lowest BCUT2D eigenvalue weighted by Gasteiger charge is -2.33. The Labute approximate surface area is 238 Å². The van der Waals surface area contributed by atoms with Gasteiger partial charge in [0.05, 0.1) is 17.3 Å². The van der Waals surface area contributed by atoms with Crippen molar-refractivity contribution in [1.29, 1.82) is 0 Å². The highest BCUT2D eigenvalue weighted by Gasteiger charge is 2.32. The first-order valence-electron chi connectivity index (χ1n) is 13.9. The molecule has 0 spiro atoms. The maximum atomic E-state index is 15.5. The van der Waals surface area contributed by atoms with Crippen molar-refractivity contribution in [3.63, 3.8) is 0 Å². The van der Waals surface area contributed by atoms with Crippen molar-refractivity contribution < 1.29 is 14.0 Å². The maximum Gasteiger partial charge on any atom is 0.255 e. The zero-order valence-corrected chi connectivity index (χ0v) is 24.1. The van der Waals surface area contributed by atoms with Gasteiger partial charge in [-0.15, -0.1) is 11.3 Å². The third kappa shape index (κ3) is 4.52. The molecule has 1 unspecified atom stereocenters. The normalized spacial score (nSPS) is 20.8. The van der Waals surface area contributed by atoms with Crippen LogP contribution in [0.15, 0.2) is 48.1 Å². The number of nitrogens with zero attached hydrogens (tertiary/aromatic N) is 4. The van der Waals surface area contributed by atoms with Crippen LogP contribution in [0.25, 0.3) is 16.9 Å². The molecule has 7 nitrogen and oxygen atoms in total. The van der Waals surface area contributed by atoms with E-state index in [4.69, 9.17) is 10.7 Å². The zero-order chi connectivity index (χ0) is 27.5. The van der Waals surface area contributed by atoms with Gasteiger partial charge in [-0.05, 0) is 90.9 Å². The third-order valence-corrected chi connectivity index (χ3v) is 10.7. The fourth-order valence-corrected chi connectivity index (χ4v) is 8.19. The second-order valence-corrected chi connectivity index (χ2v) is 13.7. The van der Waals surface area contributed by atoms with Gasteiger partial charge in [0.25, 0.3) is 5.91 Å². The lowest BCUT2D eigenvalue weighted by atomic mass is 10.00. The quantitative estimate of drug-likeness (QED) is 0.305. The summed E-state index contributed by atoms with van der Waals surface area (Å²) in [4.78, 5) is 35.4. The number of anilines is 1. The molecule has 2 N–H and O–H groups in total. The van der Waals surface area contributed by atoms with E-state index in [1.165, 1.54) is 10.4 Å². The number of hydrogen-bond acceptors (Lipinski definition) is 5. The topological polar surface area (TPSA) is 83.9 Å². The van der Waals surface area contributed by atoms with Crippen molar-refractivity contribution >= 4 is 43.6 Å². The Kier molecular flexibility index (Phi) is 6.27. The number of hydrogen-bond donors (Lipinski definition) is 1. The van der Waals surface area contributed by atoms with E-state index in [0.717, 1.165) is 49.1 Å². The summed E-state index contributed by atoms with van der Waals surface area (Å²) >= 11 is 1.77. The van der Waals surface area contributed by atoms with E-state index in [-0.39, 0.29) is 38.4 Å². The Bertz CT molecular complexity index is 1650. The molecule has 2 amide bonds. The smallest absolute Gasteiger partial charge is 0.255 e. The van der Waals surface area contributed by atoms with Gasteiger partial charge in [0.15, 0.2) is 15.1 Å². The van der Waals surface area contributed by atoms with E-state index in [1.54, 1.807) is 23.5 Å². The Balaban J connectivity index is 1.19. The molecule has 2 radical (unpaired) electrons. The molecule has 40 heavy (non-hydrogen) atoms. The first-order chi connectivity index (χ1) is 19.4. The van der Waals surface area contributed by atoms with E-state index >= 15 is 4.39 Å². The Morgan fingerprint density at radius 2 is 1.95 bits per heavy atom. The fourth-order valence-electron chi connectivity index (χ4n) is 6.24. The number of pyridine rings is 1. The molecule has 4 aromatic rings. The summed E-state index contributed by atoms with van der Waals surface area (Å²) in [6, 6.07) is 9.45. The number of benzene rings is 1. The van der Waals surface area contributed by atoms with Crippen LogP contribution in [0.1, 0.15) is 64.5 Å². The van der Waals surface area contributed by atoms with E-state index in [0.29, 0.717) is 35.8 Å². The molecule has 1 saturated carbocycles. The Morgan fingerprint density at radius 3 is 2.73 bits per heavy atom. The van der Waals surface area contributed by atoms with Gasteiger partial charge in [0, 0.05) is 48.2 Å². The first-order valence-corrected chi connectivity index (χ1v) is 15.8. The van der Waals surface area contributed by atoms with Gasteiger partial charge in [-0.25, -0.2) is 9.37 Å². The number of carbonyl (C=O) groups excluding carboxylic acids is 2. The van der Waals surface area contributed by atoms with Gasteiger partial charge in [0.1, 0.15) is 11.5 Å². The number of primary amides is 1. The molecular formula is C30H30FN5O2SSi. The van der Waals surface area contributed by atoms with Gasteiger partial charge < -0.3 is 19.9 Å². The highest BCUT2D eigenvalue weighted by molar-refractivity contribution is 7.10. The Hall–Kier alpha value is -3.50. The number of thiophene rings is 1. The summed E-state index contributed by atoms with van der Waals surface area (Å²) in [6.45, 7) is 4.30. The molecule has 5 heterocycles. The van der Waals surface area contributed by atoms with Crippen molar-refractivity contribution in [2.45, 2.75) is 50.1 Å². The minimum atomic E-state index is -0.334. The molecule has 2 atom stereocenters. The molecule has 3 aliphatic rings. The van der Waals surface area contributed by atoms with Gasteiger partial charge in [-0.1, -0.05) is 0 Å². The number of carbonyl (C=O) groups is 2. The van der Waals surface area contributed by atoms with Crippen LogP contribution in [-0.4, -0.2) is 54.9 Å². The molecular weight excluding hydrogens is 542 g/mol. The molecule has 7 rings (SSSR count). The average molecular weight is 572 g/mol. The largest absolute Gasteiger partial charge is 0.375 e. The van der Waals surface area contributed by atoms with Crippen molar-refractivity contribution in [2.24, 2.45) is 5.73 Å². The van der Waals surface area contributed by atoms with E-state index < -0.39 is 0 Å². The van der Waals surface area contributed by atoms with Crippen molar-refractivity contribution in [1.82, 2.24) is 14.3 Å². The van der Waals surface area contributed by atoms with Crippen LogP contribution < -0.4 is 10.6 Å². The van der Waals surface area contributed by atoms with Crippen LogP contribution in [0.3, 0.4) is 0 Å².